The highest BCUT2D eigenvalue weighted by molar-refractivity contribution is 8.18. The lowest BCUT2D eigenvalue weighted by Crippen LogP contribution is -2.49. The van der Waals surface area contributed by atoms with Crippen LogP contribution in [0.1, 0.15) is 54.1 Å². The fourth-order valence-corrected chi connectivity index (χ4v) is 9.98. The molecule has 4 aliphatic heterocycles. The third kappa shape index (κ3) is 10.7. The number of benzene rings is 5. The van der Waals surface area contributed by atoms with Crippen molar-refractivity contribution in [2.24, 2.45) is 0 Å². The van der Waals surface area contributed by atoms with E-state index in [0.717, 1.165) is 65.5 Å². The van der Waals surface area contributed by atoms with Crippen LogP contribution >= 0.6 is 23.5 Å². The van der Waals surface area contributed by atoms with Crippen LogP contribution < -0.4 is 4.90 Å². The number of aromatic nitrogens is 1. The number of carbonyl (C=O) groups excluding carboxylic acids is 6. The number of carbonyl (C=O) groups is 6. The Morgan fingerprint density at radius 1 is 0.515 bits per heavy atom. The Bertz CT molecular complexity index is 2920. The number of anilines is 1. The number of fused-ring (bicyclic) bond motifs is 1. The van der Waals surface area contributed by atoms with Gasteiger partial charge >= 0.3 is 0 Å². The Labute approximate surface area is 402 Å². The molecular weight excluding hydrogens is 893 g/mol. The smallest absolute Gasteiger partial charge is 0.293 e. The van der Waals surface area contributed by atoms with Gasteiger partial charge in [-0.15, -0.1) is 0 Å². The molecule has 5 heterocycles. The van der Waals surface area contributed by atoms with Crippen LogP contribution in [0.4, 0.5) is 15.4 Å². The first-order valence-corrected chi connectivity index (χ1v) is 23.9. The number of amides is 6. The summed E-state index contributed by atoms with van der Waals surface area (Å²) in [5.74, 6) is 0.271. The first kappa shape index (κ1) is 45.6. The summed E-state index contributed by atoms with van der Waals surface area (Å²) in [5.41, 5.74) is 6.97. The van der Waals surface area contributed by atoms with Crippen molar-refractivity contribution in [2.45, 2.75) is 26.1 Å². The van der Waals surface area contributed by atoms with E-state index in [1.165, 1.54) is 20.9 Å². The van der Waals surface area contributed by atoms with E-state index in [1.54, 1.807) is 48.7 Å². The van der Waals surface area contributed by atoms with Gasteiger partial charge in [-0.3, -0.25) is 38.6 Å². The molecule has 0 aliphatic carbocycles. The van der Waals surface area contributed by atoms with Crippen LogP contribution in [-0.4, -0.2) is 91.4 Å². The number of rotatable bonds is 9. The first-order chi connectivity index (χ1) is 33.2. The fourth-order valence-electron chi connectivity index (χ4n) is 8.30. The number of piperazine rings is 1. The van der Waals surface area contributed by atoms with E-state index >= 15 is 0 Å². The number of imide groups is 2. The predicted molar refractivity (Wildman–Crippen MR) is 266 cm³/mol. The zero-order chi connectivity index (χ0) is 47.0. The van der Waals surface area contributed by atoms with Crippen molar-refractivity contribution < 1.29 is 28.8 Å². The molecule has 0 atom stereocenters. The van der Waals surface area contributed by atoms with Gasteiger partial charge < -0.3 is 14.7 Å². The molecule has 0 saturated carbocycles. The summed E-state index contributed by atoms with van der Waals surface area (Å²) in [6.45, 7) is 4.47. The van der Waals surface area contributed by atoms with E-state index in [4.69, 9.17) is 0 Å². The zero-order valence-electron chi connectivity index (χ0n) is 37.0. The minimum absolute atomic E-state index is 0.000706. The molecule has 3 saturated heterocycles. The molecule has 0 radical (unpaired) electrons. The predicted octanol–water partition coefficient (Wildman–Crippen LogP) is 9.40. The van der Waals surface area contributed by atoms with Gasteiger partial charge in [0.2, 0.25) is 0 Å². The van der Waals surface area contributed by atoms with Crippen molar-refractivity contribution >= 4 is 75.6 Å². The average molecular weight is 939 g/mol. The van der Waals surface area contributed by atoms with Gasteiger partial charge in [0.1, 0.15) is 5.82 Å². The summed E-state index contributed by atoms with van der Waals surface area (Å²) in [6, 6.07) is 47.3. The molecule has 68 heavy (non-hydrogen) atoms. The van der Waals surface area contributed by atoms with E-state index in [9.17, 15) is 28.8 Å². The summed E-state index contributed by atoms with van der Waals surface area (Å²) < 4.78 is 0. The molecule has 340 valence electrons. The lowest BCUT2D eigenvalue weighted by Gasteiger charge is -2.35. The first-order valence-electron chi connectivity index (χ1n) is 22.3. The number of thioether (sulfide) groups is 2. The fraction of sp³-hybridized carbons (Fsp3) is 0.167. The summed E-state index contributed by atoms with van der Waals surface area (Å²) in [6.07, 6.45) is 6.03. The number of nitrogens with zero attached hydrogens (tertiary/aromatic N) is 6. The van der Waals surface area contributed by atoms with Gasteiger partial charge in [0.15, 0.2) is 0 Å². The second-order valence-electron chi connectivity index (χ2n) is 16.5. The third-order valence-electron chi connectivity index (χ3n) is 12.0. The molecule has 0 spiro atoms. The van der Waals surface area contributed by atoms with Gasteiger partial charge in [0.25, 0.3) is 34.1 Å². The van der Waals surface area contributed by atoms with E-state index in [1.807, 2.05) is 119 Å². The molecule has 3 fully saturated rings. The molecule has 5 aromatic carbocycles. The summed E-state index contributed by atoms with van der Waals surface area (Å²) in [7, 11) is 0. The van der Waals surface area contributed by atoms with E-state index in [2.05, 4.69) is 22.0 Å². The molecule has 6 aromatic rings. The Balaban J connectivity index is 0.000000170. The zero-order valence-corrected chi connectivity index (χ0v) is 38.6. The highest BCUT2D eigenvalue weighted by atomic mass is 32.2. The van der Waals surface area contributed by atoms with Crippen LogP contribution in [0.25, 0.3) is 12.2 Å². The minimum Gasteiger partial charge on any atom is -0.353 e. The summed E-state index contributed by atoms with van der Waals surface area (Å²) in [5, 5.41) is -0.560. The minimum atomic E-state index is -0.314. The van der Waals surface area contributed by atoms with Gasteiger partial charge in [-0.2, -0.15) is 0 Å². The number of hydrogen-bond donors (Lipinski definition) is 0. The largest absolute Gasteiger partial charge is 0.353 e. The van der Waals surface area contributed by atoms with Gasteiger partial charge in [-0.05, 0) is 112 Å². The second kappa shape index (κ2) is 21.0. The molecule has 14 heteroatoms. The maximum atomic E-state index is 13.1. The Kier molecular flexibility index (Phi) is 14.1. The van der Waals surface area contributed by atoms with Crippen molar-refractivity contribution in [3.63, 3.8) is 0 Å². The van der Waals surface area contributed by atoms with Crippen molar-refractivity contribution in [3.05, 3.63) is 212 Å². The SMILES string of the molecule is O=C(c1ccc(/C=C2\SC(=O)N(Cc3ccccc3)C2=O)cc1)N1CCc2ccccc2C1.O=C(c1cccc(/C=C2\SC(=O)N(Cc3ccccc3)C2=O)c1)N1CCN(c2ccccn2)CC1. The molecule has 4 aliphatic rings. The van der Waals surface area contributed by atoms with Gasteiger partial charge in [-0.1, -0.05) is 115 Å². The van der Waals surface area contributed by atoms with E-state index in [-0.39, 0.29) is 47.2 Å². The van der Waals surface area contributed by atoms with Crippen LogP contribution in [-0.2, 0) is 35.6 Å². The van der Waals surface area contributed by atoms with Crippen LogP contribution in [0.15, 0.2) is 168 Å². The number of pyridine rings is 1. The topological polar surface area (TPSA) is 132 Å². The highest BCUT2D eigenvalue weighted by Crippen LogP contribution is 2.35. The monoisotopic (exact) mass is 938 g/mol. The molecular formula is C54H46N6O6S2. The van der Waals surface area contributed by atoms with Gasteiger partial charge in [0.05, 0.1) is 22.9 Å². The van der Waals surface area contributed by atoms with Crippen molar-refractivity contribution in [2.75, 3.05) is 37.6 Å². The second-order valence-corrected chi connectivity index (χ2v) is 18.5. The number of hydrogen-bond acceptors (Lipinski definition) is 10. The molecule has 0 unspecified atom stereocenters. The van der Waals surface area contributed by atoms with Crippen molar-refractivity contribution in [1.29, 1.82) is 0 Å². The quantitative estimate of drug-likeness (QED) is 0.129. The Morgan fingerprint density at radius 2 is 1.07 bits per heavy atom. The van der Waals surface area contributed by atoms with E-state index < -0.39 is 0 Å². The summed E-state index contributed by atoms with van der Waals surface area (Å²) >= 11 is 1.87. The van der Waals surface area contributed by atoms with Crippen molar-refractivity contribution in [1.82, 2.24) is 24.6 Å². The molecule has 0 N–H and O–H groups in total. The van der Waals surface area contributed by atoms with Crippen LogP contribution in [0.2, 0.25) is 0 Å². The third-order valence-corrected chi connectivity index (χ3v) is 13.8. The van der Waals surface area contributed by atoms with Crippen LogP contribution in [0.5, 0.6) is 0 Å². The maximum absolute atomic E-state index is 13.1. The molecule has 6 amide bonds. The Hall–Kier alpha value is -7.55. The summed E-state index contributed by atoms with van der Waals surface area (Å²) in [4.78, 5) is 90.1. The molecule has 1 aromatic heterocycles. The normalized spacial score (nSPS) is 17.1. The lowest BCUT2D eigenvalue weighted by atomic mass is 9.99. The van der Waals surface area contributed by atoms with Crippen molar-refractivity contribution in [3.8, 4) is 0 Å². The van der Waals surface area contributed by atoms with E-state index in [0.29, 0.717) is 52.7 Å². The molecule has 12 nitrogen and oxygen atoms in total. The van der Waals surface area contributed by atoms with Crippen LogP contribution in [0, 0.1) is 0 Å². The molecule has 10 rings (SSSR count). The lowest BCUT2D eigenvalue weighted by molar-refractivity contribution is -0.124. The molecule has 0 bridgehead atoms. The highest BCUT2D eigenvalue weighted by Gasteiger charge is 2.36. The van der Waals surface area contributed by atoms with Gasteiger partial charge in [-0.25, -0.2) is 4.98 Å². The maximum Gasteiger partial charge on any atom is 0.293 e. The standard InChI is InChI=1S/C27H24N4O3S.C27H22N2O3S/c32-25(30-15-13-29(14-16-30)24-11-4-5-12-28-24)22-10-6-9-21(17-22)18-23-26(33)31(27(34)35-23)19-20-7-2-1-3-8-20;30-25(28-15-14-21-8-4-5-9-23(21)18-28)22-12-10-19(11-13-22)16-24-26(31)29(27(32)33-24)17-20-6-2-1-3-7-20/h1-12,17-18H,13-16,19H2;1-13,16H,14-15,17-18H2/b23-18-;24-16-. The van der Waals surface area contributed by atoms with Crippen LogP contribution in [0.3, 0.4) is 0 Å². The average Bonchev–Trinajstić information content (AvgIpc) is 3.80. The Morgan fingerprint density at radius 3 is 1.68 bits per heavy atom. The van der Waals surface area contributed by atoms with Gasteiger partial charge in [0, 0.05) is 56.6 Å².